The Balaban J connectivity index is 2.06. The van der Waals surface area contributed by atoms with Crippen molar-refractivity contribution < 1.29 is 9.13 Å². The third-order valence-corrected chi connectivity index (χ3v) is 4.10. The van der Waals surface area contributed by atoms with Gasteiger partial charge in [0.25, 0.3) is 0 Å². The second-order valence-corrected chi connectivity index (χ2v) is 5.94. The summed E-state index contributed by atoms with van der Waals surface area (Å²) in [6.07, 6.45) is 5.32. The molecule has 1 atom stereocenters. The Bertz CT molecular complexity index is 685. The largest absolute Gasteiger partial charge is 0.376 e. The minimum atomic E-state index is -0.230. The minimum absolute atomic E-state index is 0.173. The molecule has 2 aromatic rings. The van der Waals surface area contributed by atoms with Crippen LogP contribution in [0.5, 0.6) is 0 Å². The Hall–Kier alpha value is -2.15. The highest BCUT2D eigenvalue weighted by Crippen LogP contribution is 2.24. The van der Waals surface area contributed by atoms with Crippen molar-refractivity contribution in [3.63, 3.8) is 0 Å². The Morgan fingerprint density at radius 3 is 2.50 bits per heavy atom. The van der Waals surface area contributed by atoms with Gasteiger partial charge in [0.05, 0.1) is 19.8 Å². The van der Waals surface area contributed by atoms with Gasteiger partial charge in [-0.25, -0.2) is 4.39 Å². The predicted octanol–water partition coefficient (Wildman–Crippen LogP) is 3.97. The first-order valence-electron chi connectivity index (χ1n) is 8.15. The molecule has 0 heterocycles. The molecule has 126 valence electrons. The van der Waals surface area contributed by atoms with Gasteiger partial charge in [0.15, 0.2) is 0 Å². The molecule has 1 unspecified atom stereocenters. The topological polar surface area (TPSA) is 21.3 Å². The Morgan fingerprint density at radius 1 is 1.12 bits per heavy atom. The smallest absolute Gasteiger partial charge is 0.128 e. The Kier molecular flexibility index (Phi) is 6.99. The molecule has 1 N–H and O–H groups in total. The standard InChI is InChI=1S/C21H24FNO/c1-4-12-23-13-19(21-16(2)8-7-9-17(21)3)15-24-14-18-10-5-6-11-20(18)22/h1,5-11,19,23H,12-15H2,2-3H3. The zero-order valence-electron chi connectivity index (χ0n) is 14.3. The number of halogens is 1. The summed E-state index contributed by atoms with van der Waals surface area (Å²) in [4.78, 5) is 0. The van der Waals surface area contributed by atoms with Crippen LogP contribution >= 0.6 is 0 Å². The van der Waals surface area contributed by atoms with E-state index in [1.165, 1.54) is 22.8 Å². The molecule has 0 saturated heterocycles. The lowest BCUT2D eigenvalue weighted by molar-refractivity contribution is 0.104. The van der Waals surface area contributed by atoms with Crippen LogP contribution in [0.15, 0.2) is 42.5 Å². The molecule has 0 amide bonds. The second-order valence-electron chi connectivity index (χ2n) is 5.94. The van der Waals surface area contributed by atoms with Crippen molar-refractivity contribution in [2.45, 2.75) is 26.4 Å². The molecule has 2 nitrogen and oxygen atoms in total. The van der Waals surface area contributed by atoms with Crippen molar-refractivity contribution in [1.82, 2.24) is 5.32 Å². The number of rotatable bonds is 8. The molecule has 0 aliphatic carbocycles. The van der Waals surface area contributed by atoms with Gasteiger partial charge in [-0.05, 0) is 36.6 Å². The maximum Gasteiger partial charge on any atom is 0.128 e. The fourth-order valence-electron chi connectivity index (χ4n) is 2.96. The average Bonchev–Trinajstić information content (AvgIpc) is 2.56. The van der Waals surface area contributed by atoms with Crippen LogP contribution < -0.4 is 5.32 Å². The number of terminal acetylenes is 1. The molecule has 0 aromatic heterocycles. The Morgan fingerprint density at radius 2 is 1.83 bits per heavy atom. The summed E-state index contributed by atoms with van der Waals surface area (Å²) in [5.74, 6) is 2.53. The minimum Gasteiger partial charge on any atom is -0.376 e. The highest BCUT2D eigenvalue weighted by atomic mass is 19.1. The van der Waals surface area contributed by atoms with Gasteiger partial charge in [-0.1, -0.05) is 42.3 Å². The number of hydrogen-bond acceptors (Lipinski definition) is 2. The van der Waals surface area contributed by atoms with Gasteiger partial charge >= 0.3 is 0 Å². The molecule has 0 bridgehead atoms. The van der Waals surface area contributed by atoms with E-state index in [9.17, 15) is 4.39 Å². The summed E-state index contributed by atoms with van der Waals surface area (Å²) in [7, 11) is 0. The first-order chi connectivity index (χ1) is 11.6. The summed E-state index contributed by atoms with van der Waals surface area (Å²) < 4.78 is 19.5. The SMILES string of the molecule is C#CCNCC(COCc1ccccc1F)c1c(C)cccc1C. The van der Waals surface area contributed by atoms with E-state index in [0.717, 1.165) is 6.54 Å². The van der Waals surface area contributed by atoms with Crippen LogP contribution in [0.4, 0.5) is 4.39 Å². The zero-order chi connectivity index (χ0) is 17.4. The molecular weight excluding hydrogens is 301 g/mol. The normalized spacial score (nSPS) is 11.9. The summed E-state index contributed by atoms with van der Waals surface area (Å²) in [6, 6.07) is 13.0. The van der Waals surface area contributed by atoms with Crippen molar-refractivity contribution in [3.8, 4) is 12.3 Å². The molecule has 3 heteroatoms. The van der Waals surface area contributed by atoms with Crippen molar-refractivity contribution >= 4 is 0 Å². The van der Waals surface area contributed by atoms with Gasteiger partial charge in [0.2, 0.25) is 0 Å². The summed E-state index contributed by atoms with van der Waals surface area (Å²) >= 11 is 0. The Labute approximate surface area is 144 Å². The second kappa shape index (κ2) is 9.22. The predicted molar refractivity (Wildman–Crippen MR) is 96.4 cm³/mol. The van der Waals surface area contributed by atoms with E-state index in [1.54, 1.807) is 12.1 Å². The van der Waals surface area contributed by atoms with Crippen molar-refractivity contribution in [2.75, 3.05) is 19.7 Å². The maximum absolute atomic E-state index is 13.7. The number of benzene rings is 2. The van der Waals surface area contributed by atoms with E-state index in [-0.39, 0.29) is 18.3 Å². The summed E-state index contributed by atoms with van der Waals surface area (Å²) in [5.41, 5.74) is 4.32. The third-order valence-electron chi connectivity index (χ3n) is 4.10. The van der Waals surface area contributed by atoms with E-state index >= 15 is 0 Å². The van der Waals surface area contributed by atoms with Crippen molar-refractivity contribution in [1.29, 1.82) is 0 Å². The van der Waals surface area contributed by atoms with Crippen LogP contribution in [0.25, 0.3) is 0 Å². The van der Waals surface area contributed by atoms with E-state index in [1.807, 2.05) is 6.07 Å². The number of aryl methyl sites for hydroxylation is 2. The van der Waals surface area contributed by atoms with Gasteiger partial charge in [0.1, 0.15) is 5.82 Å². The fraction of sp³-hybridized carbons (Fsp3) is 0.333. The van der Waals surface area contributed by atoms with Crippen LogP contribution in [0.3, 0.4) is 0 Å². The van der Waals surface area contributed by atoms with Crippen LogP contribution in [0.1, 0.15) is 28.2 Å². The van der Waals surface area contributed by atoms with Crippen LogP contribution in [0.2, 0.25) is 0 Å². The van der Waals surface area contributed by atoms with E-state index in [2.05, 4.69) is 43.3 Å². The van der Waals surface area contributed by atoms with Gasteiger partial charge in [-0.2, -0.15) is 0 Å². The first kappa shape index (κ1) is 18.2. The monoisotopic (exact) mass is 325 g/mol. The molecule has 0 saturated carbocycles. The summed E-state index contributed by atoms with van der Waals surface area (Å²) in [5, 5.41) is 3.26. The van der Waals surface area contributed by atoms with E-state index in [0.29, 0.717) is 18.7 Å². The summed E-state index contributed by atoms with van der Waals surface area (Å²) in [6.45, 7) is 6.24. The molecular formula is C21H24FNO. The molecule has 2 aromatic carbocycles. The van der Waals surface area contributed by atoms with Gasteiger partial charge < -0.3 is 10.1 Å². The van der Waals surface area contributed by atoms with Gasteiger partial charge in [-0.15, -0.1) is 6.42 Å². The molecule has 24 heavy (non-hydrogen) atoms. The molecule has 0 fully saturated rings. The third kappa shape index (κ3) is 4.92. The number of nitrogens with one attached hydrogen (secondary N) is 1. The average molecular weight is 325 g/mol. The molecule has 0 aliphatic heterocycles. The van der Waals surface area contributed by atoms with Crippen LogP contribution in [-0.4, -0.2) is 19.7 Å². The lowest BCUT2D eigenvalue weighted by atomic mass is 9.91. The van der Waals surface area contributed by atoms with Gasteiger partial charge in [-0.3, -0.25) is 0 Å². The maximum atomic E-state index is 13.7. The van der Waals surface area contributed by atoms with E-state index < -0.39 is 0 Å². The highest BCUT2D eigenvalue weighted by molar-refractivity contribution is 5.37. The highest BCUT2D eigenvalue weighted by Gasteiger charge is 2.16. The molecule has 0 aliphatic rings. The lowest BCUT2D eigenvalue weighted by Crippen LogP contribution is -2.26. The van der Waals surface area contributed by atoms with Crippen molar-refractivity contribution in [2.24, 2.45) is 0 Å². The first-order valence-corrected chi connectivity index (χ1v) is 8.15. The van der Waals surface area contributed by atoms with Gasteiger partial charge in [0, 0.05) is 18.0 Å². The van der Waals surface area contributed by atoms with Crippen molar-refractivity contribution in [3.05, 3.63) is 70.5 Å². The lowest BCUT2D eigenvalue weighted by Gasteiger charge is -2.22. The quantitative estimate of drug-likeness (QED) is 0.586. The van der Waals surface area contributed by atoms with Crippen LogP contribution in [0, 0.1) is 32.0 Å². The zero-order valence-corrected chi connectivity index (χ0v) is 14.3. The fourth-order valence-corrected chi connectivity index (χ4v) is 2.96. The molecule has 2 rings (SSSR count). The van der Waals surface area contributed by atoms with Crippen LogP contribution in [-0.2, 0) is 11.3 Å². The van der Waals surface area contributed by atoms with E-state index in [4.69, 9.17) is 11.2 Å². The number of hydrogen-bond donors (Lipinski definition) is 1. The molecule has 0 radical (unpaired) electrons. The molecule has 0 spiro atoms. The number of ether oxygens (including phenoxy) is 1.